The topological polar surface area (TPSA) is 29.5 Å². The number of nitrogens with zero attached hydrogens (tertiary/aromatic N) is 1. The van der Waals surface area contributed by atoms with Crippen LogP contribution in [0.1, 0.15) is 119 Å². The number of hydrogen-bond acceptors (Lipinski definition) is 3. The minimum absolute atomic E-state index is 0. The van der Waals surface area contributed by atoms with Gasteiger partial charge in [-0.3, -0.25) is 4.79 Å². The van der Waals surface area contributed by atoms with Crippen LogP contribution >= 0.6 is 12.4 Å². The van der Waals surface area contributed by atoms with Crippen LogP contribution in [0.15, 0.2) is 12.2 Å². The maximum Gasteiger partial charge on any atom is 0.307 e. The number of fused-ring (bicyclic) bond motifs is 7. The zero-order chi connectivity index (χ0) is 27.9. The van der Waals surface area contributed by atoms with Gasteiger partial charge in [0.25, 0.3) is 0 Å². The average molecular weight is 562 g/mol. The number of halogens is 1. The zero-order valence-electron chi connectivity index (χ0n) is 26.8. The summed E-state index contributed by atoms with van der Waals surface area (Å²) in [7, 11) is 4.05. The molecule has 1 unspecified atom stereocenters. The number of ether oxygens (including phenoxy) is 1. The lowest BCUT2D eigenvalue weighted by molar-refractivity contribution is -0.249. The van der Waals surface area contributed by atoms with Gasteiger partial charge < -0.3 is 9.64 Å². The third kappa shape index (κ3) is 4.58. The normalized spacial score (nSPS) is 48.2. The van der Waals surface area contributed by atoms with Gasteiger partial charge in [-0.1, -0.05) is 53.7 Å². The van der Waals surface area contributed by atoms with Crippen LogP contribution in [0, 0.1) is 56.7 Å². The summed E-state index contributed by atoms with van der Waals surface area (Å²) in [6.07, 6.45) is 13.8. The molecular weight excluding hydrogens is 502 g/mol. The van der Waals surface area contributed by atoms with Gasteiger partial charge >= 0.3 is 5.97 Å². The summed E-state index contributed by atoms with van der Waals surface area (Å²) in [5, 5.41) is 0. The van der Waals surface area contributed by atoms with Crippen molar-refractivity contribution in [2.75, 3.05) is 20.6 Å². The van der Waals surface area contributed by atoms with Gasteiger partial charge in [-0.2, -0.15) is 0 Å². The highest BCUT2D eigenvalue weighted by Gasteiger charge is 2.70. The lowest BCUT2D eigenvalue weighted by Crippen LogP contribution is -2.66. The molecule has 0 heterocycles. The van der Waals surface area contributed by atoms with Crippen molar-refractivity contribution < 1.29 is 9.53 Å². The Hall–Kier alpha value is -0.540. The SMILES string of the molecule is C=C(C)[C@@H]1CC[C@]2(C)CC[C@]3(C)[C@H](CCC4[C@@]5(C)CC[C@H](OC(=O)CCN(C)C)C(C)(C)[C@@H]5CC[C@]43C)[C@@H]12.Cl. The van der Waals surface area contributed by atoms with Gasteiger partial charge in [0.2, 0.25) is 0 Å². The molecule has 5 aliphatic carbocycles. The van der Waals surface area contributed by atoms with E-state index in [1.807, 2.05) is 14.1 Å². The second-order valence-electron chi connectivity index (χ2n) is 16.7. The van der Waals surface area contributed by atoms with E-state index in [1.165, 1.54) is 63.4 Å². The molecule has 0 aromatic carbocycles. The number of esters is 1. The molecule has 0 N–H and O–H groups in total. The predicted octanol–water partition coefficient (Wildman–Crippen LogP) is 8.95. The molecule has 5 saturated carbocycles. The van der Waals surface area contributed by atoms with Crippen molar-refractivity contribution in [2.24, 2.45) is 56.7 Å². The Balaban J connectivity index is 0.00000353. The fourth-order valence-electron chi connectivity index (χ4n) is 12.2. The monoisotopic (exact) mass is 561 g/mol. The second kappa shape index (κ2) is 10.3. The quantitative estimate of drug-likeness (QED) is 0.248. The van der Waals surface area contributed by atoms with Crippen molar-refractivity contribution in [2.45, 2.75) is 125 Å². The van der Waals surface area contributed by atoms with E-state index in [1.54, 1.807) is 0 Å². The summed E-state index contributed by atoms with van der Waals surface area (Å²) in [5.41, 5.74) is 3.16. The van der Waals surface area contributed by atoms with Crippen molar-refractivity contribution in [3.63, 3.8) is 0 Å². The number of allylic oxidation sites excluding steroid dienone is 1. The van der Waals surface area contributed by atoms with Crippen molar-refractivity contribution in [1.82, 2.24) is 4.90 Å². The molecule has 5 aliphatic rings. The molecule has 0 saturated heterocycles. The van der Waals surface area contributed by atoms with E-state index in [0.717, 1.165) is 36.6 Å². The van der Waals surface area contributed by atoms with Crippen LogP contribution in [0.4, 0.5) is 0 Å². The molecule has 224 valence electrons. The number of carbonyl (C=O) groups is 1. The fourth-order valence-corrected chi connectivity index (χ4v) is 12.2. The Labute approximate surface area is 247 Å². The molecule has 39 heavy (non-hydrogen) atoms. The summed E-state index contributed by atoms with van der Waals surface area (Å²) < 4.78 is 6.24. The Morgan fingerprint density at radius 1 is 0.846 bits per heavy atom. The molecule has 10 atom stereocenters. The van der Waals surface area contributed by atoms with Crippen molar-refractivity contribution >= 4 is 18.4 Å². The standard InChI is InChI=1S/C35H59NO2.ClH/c1-23(2)24-13-17-32(5)20-21-34(7)25(30(24)32)11-12-27-33(6)18-15-28(38-29(37)16-22-36(9)10)31(3,4)26(33)14-19-35(27,34)8;/h24-28,30H,1,11-22H2,2-10H3;1H/t24-,25+,26-,27?,28-,30+,32+,33-,34+,35+;/m0./s1. The molecule has 0 amide bonds. The first-order chi connectivity index (χ1) is 17.6. The number of carbonyl (C=O) groups excluding carboxylic acids is 1. The Morgan fingerprint density at radius 2 is 1.54 bits per heavy atom. The van der Waals surface area contributed by atoms with E-state index < -0.39 is 0 Å². The van der Waals surface area contributed by atoms with Crippen molar-refractivity contribution in [3.8, 4) is 0 Å². The molecule has 0 aromatic rings. The number of rotatable bonds is 5. The summed E-state index contributed by atoms with van der Waals surface area (Å²) in [4.78, 5) is 14.8. The minimum atomic E-state index is -0.0112. The average Bonchev–Trinajstić information content (AvgIpc) is 3.18. The van der Waals surface area contributed by atoms with Crippen LogP contribution in [0.25, 0.3) is 0 Å². The van der Waals surface area contributed by atoms with E-state index in [9.17, 15) is 4.79 Å². The lowest BCUT2D eigenvalue weighted by Gasteiger charge is -2.73. The number of hydrogen-bond donors (Lipinski definition) is 0. The molecule has 4 heteroatoms. The first kappa shape index (κ1) is 31.4. The van der Waals surface area contributed by atoms with E-state index in [2.05, 4.69) is 59.9 Å². The molecule has 5 rings (SSSR count). The zero-order valence-corrected chi connectivity index (χ0v) is 27.6. The third-order valence-electron chi connectivity index (χ3n) is 14.5. The Bertz CT molecular complexity index is 960. The van der Waals surface area contributed by atoms with E-state index in [0.29, 0.717) is 34.0 Å². The summed E-state index contributed by atoms with van der Waals surface area (Å²) >= 11 is 0. The molecule has 0 aromatic heterocycles. The van der Waals surface area contributed by atoms with E-state index in [4.69, 9.17) is 4.74 Å². The lowest BCUT2D eigenvalue weighted by atomic mass is 9.32. The van der Waals surface area contributed by atoms with Gasteiger partial charge in [-0.05, 0) is 136 Å². The third-order valence-corrected chi connectivity index (χ3v) is 14.5. The molecule has 0 aliphatic heterocycles. The van der Waals surface area contributed by atoms with E-state index in [-0.39, 0.29) is 29.9 Å². The van der Waals surface area contributed by atoms with Gasteiger partial charge in [0.05, 0.1) is 6.42 Å². The van der Waals surface area contributed by atoms with Crippen LogP contribution in [0.2, 0.25) is 0 Å². The molecule has 0 bridgehead atoms. The molecule has 5 fully saturated rings. The minimum Gasteiger partial charge on any atom is -0.462 e. The van der Waals surface area contributed by atoms with Gasteiger partial charge in [0.15, 0.2) is 0 Å². The van der Waals surface area contributed by atoms with Gasteiger partial charge in [-0.25, -0.2) is 0 Å². The maximum absolute atomic E-state index is 12.8. The highest BCUT2D eigenvalue weighted by atomic mass is 35.5. The van der Waals surface area contributed by atoms with Crippen LogP contribution in [-0.2, 0) is 9.53 Å². The molecule has 0 spiro atoms. The van der Waals surface area contributed by atoms with Crippen LogP contribution in [0.5, 0.6) is 0 Å². The smallest absolute Gasteiger partial charge is 0.307 e. The first-order valence-corrected chi connectivity index (χ1v) is 16.1. The van der Waals surface area contributed by atoms with Crippen molar-refractivity contribution in [1.29, 1.82) is 0 Å². The predicted molar refractivity (Wildman–Crippen MR) is 165 cm³/mol. The summed E-state index contributed by atoms with van der Waals surface area (Å²) in [5.74, 6) is 3.78. The summed E-state index contributed by atoms with van der Waals surface area (Å²) in [6, 6.07) is 0. The molecular formula is C35H60ClNO2. The maximum atomic E-state index is 12.8. The molecule has 3 nitrogen and oxygen atoms in total. The highest BCUT2D eigenvalue weighted by Crippen LogP contribution is 2.77. The van der Waals surface area contributed by atoms with Crippen LogP contribution in [-0.4, -0.2) is 37.6 Å². The Morgan fingerprint density at radius 3 is 2.18 bits per heavy atom. The van der Waals surface area contributed by atoms with Crippen LogP contribution in [0.3, 0.4) is 0 Å². The van der Waals surface area contributed by atoms with E-state index >= 15 is 0 Å². The fraction of sp³-hybridized carbons (Fsp3) is 0.914. The highest BCUT2D eigenvalue weighted by molar-refractivity contribution is 5.85. The van der Waals surface area contributed by atoms with Gasteiger partial charge in [0, 0.05) is 12.0 Å². The summed E-state index contributed by atoms with van der Waals surface area (Å²) in [6.45, 7) is 23.2. The van der Waals surface area contributed by atoms with Crippen LogP contribution < -0.4 is 0 Å². The van der Waals surface area contributed by atoms with Gasteiger partial charge in [0.1, 0.15) is 6.10 Å². The second-order valence-corrected chi connectivity index (χ2v) is 16.7. The van der Waals surface area contributed by atoms with Crippen molar-refractivity contribution in [3.05, 3.63) is 12.2 Å². The largest absolute Gasteiger partial charge is 0.462 e. The first-order valence-electron chi connectivity index (χ1n) is 16.1. The molecule has 0 radical (unpaired) electrons. The Kier molecular flexibility index (Phi) is 8.31. The van der Waals surface area contributed by atoms with Gasteiger partial charge in [-0.15, -0.1) is 12.4 Å².